The van der Waals surface area contributed by atoms with Crippen LogP contribution in [0.2, 0.25) is 0 Å². The summed E-state index contributed by atoms with van der Waals surface area (Å²) in [5.41, 5.74) is 1.41. The molecule has 2 saturated heterocycles. The highest BCUT2D eigenvalue weighted by molar-refractivity contribution is 8.02. The number of carboxylic acids is 3. The van der Waals surface area contributed by atoms with Gasteiger partial charge in [-0.25, -0.2) is 14.4 Å². The zero-order valence-corrected chi connectivity index (χ0v) is 33.1. The Balaban J connectivity index is 1.29. The normalized spacial score (nSPS) is 22.0. The molecule has 6 N–H and O–H groups in total. The first-order chi connectivity index (χ1) is 26.8. The van der Waals surface area contributed by atoms with E-state index in [1.54, 1.807) is 88.4 Å². The summed E-state index contributed by atoms with van der Waals surface area (Å²) < 4.78 is 8.18. The van der Waals surface area contributed by atoms with Gasteiger partial charge in [-0.05, 0) is 41.5 Å². The summed E-state index contributed by atoms with van der Waals surface area (Å²) in [5, 5.41) is 44.9. The quantitative estimate of drug-likeness (QED) is 0.119. The molecule has 4 heterocycles. The number of amides is 3. The first kappa shape index (κ1) is 41.0. The molecule has 6 atom stereocenters. The Kier molecular flexibility index (Phi) is 11.3. The number of rotatable bonds is 12. The minimum Gasteiger partial charge on any atom is -0.480 e. The van der Waals surface area contributed by atoms with Crippen molar-refractivity contribution in [3.63, 3.8) is 0 Å². The highest BCUT2D eigenvalue weighted by Gasteiger charge is 2.60. The maximum absolute atomic E-state index is 14.8. The van der Waals surface area contributed by atoms with E-state index in [0.29, 0.717) is 11.1 Å². The van der Waals surface area contributed by atoms with Gasteiger partial charge in [0.2, 0.25) is 5.91 Å². The average molecular weight is 821 g/mol. The first-order valence-corrected chi connectivity index (χ1v) is 19.4. The third kappa shape index (κ3) is 7.86. The highest BCUT2D eigenvalue weighted by Crippen LogP contribution is 2.48. The van der Waals surface area contributed by atoms with Crippen molar-refractivity contribution in [3.8, 4) is 22.5 Å². The monoisotopic (exact) mass is 820 g/mol. The van der Waals surface area contributed by atoms with Crippen LogP contribution in [0, 0.1) is 13.8 Å². The van der Waals surface area contributed by atoms with E-state index in [1.807, 2.05) is 0 Å². The first-order valence-electron chi connectivity index (χ1n) is 17.6. The van der Waals surface area contributed by atoms with Crippen molar-refractivity contribution in [1.82, 2.24) is 31.2 Å². The van der Waals surface area contributed by atoms with E-state index in [2.05, 4.69) is 26.3 Å². The number of nitrogens with zero attached hydrogens (tertiary/aromatic N) is 3. The smallest absolute Gasteiger partial charge is 0.329 e. The fourth-order valence-electron chi connectivity index (χ4n) is 7.10. The number of aliphatic carboxylic acids is 3. The minimum absolute atomic E-state index is 0.0184. The standard InChI is InChI=1S/C38H40N6O11S2/c1-17-21(23(42-54-17)19-13-9-7-10-14-19)29(45)39-25(34(48)49)31-41-27(37(3,4)56-31)32(47)44-28(36(52)53)38(5,6)57-33(44)26(35(50)51)40-30(46)22-18(2)55-43-24(22)20-15-11-8-12-16-20/h7-16,25-28,31,33,41H,1-6H3,(H,39,45)(H,40,46)(H,48,49)(H,50,51)(H,52,53)/t25-,26?,27?,28-,31+,33?/m0/s1. The highest BCUT2D eigenvalue weighted by atomic mass is 32.2. The number of aryl methyl sites for hydroxylation is 2. The Morgan fingerprint density at radius 2 is 1.18 bits per heavy atom. The van der Waals surface area contributed by atoms with E-state index in [0.717, 1.165) is 28.4 Å². The Morgan fingerprint density at radius 1 is 0.719 bits per heavy atom. The molecule has 17 nitrogen and oxygen atoms in total. The third-order valence-corrected chi connectivity index (χ3v) is 12.9. The number of nitrogens with one attached hydrogen (secondary N) is 3. The fraction of sp³-hybridized carbons (Fsp3) is 0.368. The molecule has 0 bridgehead atoms. The molecule has 2 aromatic heterocycles. The summed E-state index contributed by atoms with van der Waals surface area (Å²) >= 11 is 1.92. The van der Waals surface area contributed by atoms with Gasteiger partial charge in [0.05, 0.1) is 5.37 Å². The van der Waals surface area contributed by atoms with E-state index in [4.69, 9.17) is 9.05 Å². The molecule has 0 aliphatic carbocycles. The summed E-state index contributed by atoms with van der Waals surface area (Å²) in [4.78, 5) is 82.0. The van der Waals surface area contributed by atoms with Crippen molar-refractivity contribution in [2.45, 2.75) is 86.0 Å². The zero-order valence-electron chi connectivity index (χ0n) is 31.5. The maximum atomic E-state index is 14.8. The number of hydrogen-bond donors (Lipinski definition) is 6. The van der Waals surface area contributed by atoms with E-state index in [9.17, 15) is 44.1 Å². The van der Waals surface area contributed by atoms with Crippen molar-refractivity contribution in [2.24, 2.45) is 0 Å². The van der Waals surface area contributed by atoms with Gasteiger partial charge in [-0.1, -0.05) is 71.0 Å². The van der Waals surface area contributed by atoms with Crippen LogP contribution in [0.5, 0.6) is 0 Å². The van der Waals surface area contributed by atoms with Crippen LogP contribution >= 0.6 is 23.5 Å². The van der Waals surface area contributed by atoms with E-state index in [1.165, 1.54) is 13.8 Å². The molecule has 300 valence electrons. The summed E-state index contributed by atoms with van der Waals surface area (Å²) in [7, 11) is 0. The summed E-state index contributed by atoms with van der Waals surface area (Å²) in [5.74, 6) is -6.68. The number of carbonyl (C=O) groups is 6. The van der Waals surface area contributed by atoms with Crippen LogP contribution < -0.4 is 16.0 Å². The van der Waals surface area contributed by atoms with Crippen LogP contribution in [0.15, 0.2) is 69.7 Å². The second-order valence-electron chi connectivity index (χ2n) is 14.6. The van der Waals surface area contributed by atoms with Gasteiger partial charge in [-0.15, -0.1) is 23.5 Å². The van der Waals surface area contributed by atoms with E-state index >= 15 is 0 Å². The van der Waals surface area contributed by atoms with Gasteiger partial charge in [0.1, 0.15) is 51.5 Å². The molecule has 3 unspecified atom stereocenters. The van der Waals surface area contributed by atoms with Crippen molar-refractivity contribution < 1.29 is 53.1 Å². The van der Waals surface area contributed by atoms with Gasteiger partial charge in [0, 0.05) is 20.6 Å². The Labute approximate surface area is 334 Å². The second kappa shape index (κ2) is 15.7. The second-order valence-corrected chi connectivity index (χ2v) is 18.1. The third-order valence-electron chi connectivity index (χ3n) is 9.79. The predicted octanol–water partition coefficient (Wildman–Crippen LogP) is 3.62. The molecular weight excluding hydrogens is 781 g/mol. The van der Waals surface area contributed by atoms with Gasteiger partial charge >= 0.3 is 17.9 Å². The van der Waals surface area contributed by atoms with Gasteiger partial charge in [-0.2, -0.15) is 0 Å². The van der Waals surface area contributed by atoms with Gasteiger partial charge in [0.15, 0.2) is 12.1 Å². The lowest BCUT2D eigenvalue weighted by Gasteiger charge is -2.36. The van der Waals surface area contributed by atoms with Crippen LogP contribution in [0.4, 0.5) is 0 Å². The fourth-order valence-corrected chi connectivity index (χ4v) is 10.2. The minimum atomic E-state index is -1.84. The molecule has 0 radical (unpaired) electrons. The number of thioether (sulfide) groups is 2. The molecule has 2 aliphatic heterocycles. The van der Waals surface area contributed by atoms with E-state index in [-0.39, 0.29) is 34.0 Å². The van der Waals surface area contributed by atoms with Crippen LogP contribution in [0.25, 0.3) is 22.5 Å². The molecule has 19 heteroatoms. The molecule has 3 amide bonds. The maximum Gasteiger partial charge on any atom is 0.329 e. The number of carboxylic acid groups (broad SMARTS) is 3. The number of aromatic nitrogens is 2. The number of benzene rings is 2. The van der Waals surface area contributed by atoms with Crippen molar-refractivity contribution in [1.29, 1.82) is 0 Å². The molecular formula is C38H40N6O11S2. The molecule has 0 saturated carbocycles. The lowest BCUT2D eigenvalue weighted by molar-refractivity contribution is -0.154. The van der Waals surface area contributed by atoms with Crippen molar-refractivity contribution in [2.75, 3.05) is 0 Å². The van der Waals surface area contributed by atoms with Crippen LogP contribution in [0.1, 0.15) is 59.9 Å². The van der Waals surface area contributed by atoms with Crippen molar-refractivity contribution in [3.05, 3.63) is 83.3 Å². The Morgan fingerprint density at radius 3 is 1.61 bits per heavy atom. The molecule has 57 heavy (non-hydrogen) atoms. The van der Waals surface area contributed by atoms with Crippen molar-refractivity contribution >= 4 is 59.2 Å². The largest absolute Gasteiger partial charge is 0.480 e. The van der Waals surface area contributed by atoms with Gasteiger partial charge in [0.25, 0.3) is 11.8 Å². The molecule has 6 rings (SSSR count). The lowest BCUT2D eigenvalue weighted by Crippen LogP contribution is -2.63. The van der Waals surface area contributed by atoms with Crippen LogP contribution in [0.3, 0.4) is 0 Å². The summed E-state index contributed by atoms with van der Waals surface area (Å²) in [6, 6.07) is 10.9. The molecule has 2 fully saturated rings. The topological polar surface area (TPSA) is 254 Å². The van der Waals surface area contributed by atoms with Gasteiger partial charge < -0.3 is 39.9 Å². The summed E-state index contributed by atoms with van der Waals surface area (Å²) in [6.07, 6.45) is 0. The lowest BCUT2D eigenvalue weighted by atomic mass is 9.96. The number of hydrogen-bond acceptors (Lipinski definition) is 13. The SMILES string of the molecule is Cc1onc(-c2ccccc2)c1C(=O)NC(C(=O)O)C1SC(C)(C)[C@H](C(=O)O)N1C(=O)C1N[C@@H]([C@H](NC(=O)c2c(-c3ccccc3)noc2C)C(=O)O)SC1(C)C. The summed E-state index contributed by atoms with van der Waals surface area (Å²) in [6.45, 7) is 9.37. The predicted molar refractivity (Wildman–Crippen MR) is 207 cm³/mol. The molecule has 2 aromatic carbocycles. The molecule has 0 spiro atoms. The van der Waals surface area contributed by atoms with Crippen LogP contribution in [-0.2, 0) is 19.2 Å². The molecule has 4 aromatic rings. The van der Waals surface area contributed by atoms with Crippen LogP contribution in [-0.4, -0.2) is 111 Å². The Bertz CT molecular complexity index is 2230. The van der Waals surface area contributed by atoms with E-state index < -0.39 is 80.0 Å². The average Bonchev–Trinajstić information content (AvgIpc) is 3.90. The Hall–Kier alpha value is -5.66. The number of carbonyl (C=O) groups excluding carboxylic acids is 3. The van der Waals surface area contributed by atoms with Gasteiger partial charge in [-0.3, -0.25) is 19.7 Å². The molecule has 2 aliphatic rings. The zero-order chi connectivity index (χ0) is 41.6.